The van der Waals surface area contributed by atoms with E-state index in [9.17, 15) is 8.42 Å². The third-order valence-electron chi connectivity index (χ3n) is 3.13. The van der Waals surface area contributed by atoms with Gasteiger partial charge in [-0.05, 0) is 25.3 Å². The molecule has 0 spiro atoms. The van der Waals surface area contributed by atoms with E-state index in [0.717, 1.165) is 25.9 Å². The van der Waals surface area contributed by atoms with Crippen LogP contribution in [-0.4, -0.2) is 50.5 Å². The first-order chi connectivity index (χ1) is 7.44. The van der Waals surface area contributed by atoms with Crippen molar-refractivity contribution in [2.75, 3.05) is 31.1 Å². The molecule has 1 rings (SSSR count). The molecule has 1 unspecified atom stereocenters. The summed E-state index contributed by atoms with van der Waals surface area (Å²) < 4.78 is 22.9. The van der Waals surface area contributed by atoms with Gasteiger partial charge in [-0.2, -0.15) is 0 Å². The first-order valence-corrected chi connectivity index (χ1v) is 7.91. The molecule has 5 heteroatoms. The minimum absolute atomic E-state index is 0.201. The van der Waals surface area contributed by atoms with Gasteiger partial charge < -0.3 is 5.73 Å². The minimum atomic E-state index is -2.78. The number of hydrogen-bond donors (Lipinski definition) is 1. The molecule has 1 atom stereocenters. The quantitative estimate of drug-likeness (QED) is 0.742. The van der Waals surface area contributed by atoms with Crippen molar-refractivity contribution in [1.29, 1.82) is 0 Å². The van der Waals surface area contributed by atoms with Crippen molar-refractivity contribution < 1.29 is 8.42 Å². The molecule has 0 radical (unpaired) electrons. The molecule has 1 saturated heterocycles. The lowest BCUT2D eigenvalue weighted by molar-refractivity contribution is 0.206. The van der Waals surface area contributed by atoms with Crippen molar-refractivity contribution in [3.8, 4) is 0 Å². The molecule has 0 aromatic carbocycles. The van der Waals surface area contributed by atoms with E-state index in [1.807, 2.05) is 0 Å². The maximum atomic E-state index is 11.4. The molecule has 0 aromatic rings. The van der Waals surface area contributed by atoms with Gasteiger partial charge in [0, 0.05) is 19.1 Å². The largest absolute Gasteiger partial charge is 0.329 e. The maximum Gasteiger partial charge on any atom is 0.151 e. The average Bonchev–Trinajstić information content (AvgIpc) is 2.53. The van der Waals surface area contributed by atoms with Gasteiger partial charge in [0.05, 0.1) is 11.5 Å². The van der Waals surface area contributed by atoms with E-state index in [2.05, 4.69) is 18.7 Å². The Kier molecular flexibility index (Phi) is 5.21. The summed E-state index contributed by atoms with van der Waals surface area (Å²) in [6.45, 7) is 6.76. The van der Waals surface area contributed by atoms with Crippen LogP contribution >= 0.6 is 0 Å². The van der Waals surface area contributed by atoms with Gasteiger partial charge in [0.25, 0.3) is 0 Å². The van der Waals surface area contributed by atoms with Gasteiger partial charge in [0.15, 0.2) is 9.84 Å². The van der Waals surface area contributed by atoms with E-state index >= 15 is 0 Å². The third-order valence-corrected chi connectivity index (χ3v) is 4.89. The second kappa shape index (κ2) is 5.98. The van der Waals surface area contributed by atoms with E-state index < -0.39 is 9.84 Å². The molecule has 1 aliphatic rings. The molecular formula is C11H24N2O2S. The Morgan fingerprint density at radius 2 is 2.06 bits per heavy atom. The van der Waals surface area contributed by atoms with E-state index in [0.29, 0.717) is 24.0 Å². The first-order valence-electron chi connectivity index (χ1n) is 6.09. The van der Waals surface area contributed by atoms with Crippen LogP contribution in [0.15, 0.2) is 0 Å². The fraction of sp³-hybridized carbons (Fsp3) is 1.00. The lowest BCUT2D eigenvalue weighted by Gasteiger charge is -2.28. The first kappa shape index (κ1) is 13.9. The van der Waals surface area contributed by atoms with Gasteiger partial charge in [0.2, 0.25) is 0 Å². The SMILES string of the molecule is CC(C)CCN(CCN)C1CCS(=O)(=O)C1. The zero-order valence-electron chi connectivity index (χ0n) is 10.4. The third kappa shape index (κ3) is 4.39. The molecule has 0 bridgehead atoms. The molecule has 0 amide bonds. The van der Waals surface area contributed by atoms with Crippen LogP contribution in [-0.2, 0) is 9.84 Å². The summed E-state index contributed by atoms with van der Waals surface area (Å²) in [5.41, 5.74) is 5.58. The molecular weight excluding hydrogens is 224 g/mol. The smallest absolute Gasteiger partial charge is 0.151 e. The zero-order valence-corrected chi connectivity index (χ0v) is 11.2. The summed E-state index contributed by atoms with van der Waals surface area (Å²) in [6, 6.07) is 0.201. The Morgan fingerprint density at radius 3 is 2.50 bits per heavy atom. The predicted molar refractivity (Wildman–Crippen MR) is 67.1 cm³/mol. The van der Waals surface area contributed by atoms with E-state index in [4.69, 9.17) is 5.73 Å². The molecule has 1 aliphatic heterocycles. The summed E-state index contributed by atoms with van der Waals surface area (Å²) in [4.78, 5) is 2.25. The van der Waals surface area contributed by atoms with Crippen LogP contribution in [0.2, 0.25) is 0 Å². The van der Waals surface area contributed by atoms with Gasteiger partial charge in [-0.3, -0.25) is 4.90 Å². The number of sulfone groups is 1. The molecule has 16 heavy (non-hydrogen) atoms. The van der Waals surface area contributed by atoms with Crippen LogP contribution in [0.25, 0.3) is 0 Å². The zero-order chi connectivity index (χ0) is 12.2. The van der Waals surface area contributed by atoms with E-state index in [-0.39, 0.29) is 6.04 Å². The number of nitrogens with two attached hydrogens (primary N) is 1. The molecule has 0 aliphatic carbocycles. The Hall–Kier alpha value is -0.130. The standard InChI is InChI=1S/C11H24N2O2S/c1-10(2)3-6-13(7-5-12)11-4-8-16(14,15)9-11/h10-11H,3-9,12H2,1-2H3. The van der Waals surface area contributed by atoms with E-state index in [1.165, 1.54) is 0 Å². The number of rotatable bonds is 6. The highest BCUT2D eigenvalue weighted by Crippen LogP contribution is 2.18. The summed E-state index contributed by atoms with van der Waals surface area (Å²) in [5, 5.41) is 0. The lowest BCUT2D eigenvalue weighted by atomic mass is 10.1. The molecule has 0 aromatic heterocycles. The van der Waals surface area contributed by atoms with Crippen molar-refractivity contribution in [3.63, 3.8) is 0 Å². The maximum absolute atomic E-state index is 11.4. The Labute approximate surface area is 99.1 Å². The average molecular weight is 248 g/mol. The Morgan fingerprint density at radius 1 is 1.38 bits per heavy atom. The summed E-state index contributed by atoms with van der Waals surface area (Å²) >= 11 is 0. The van der Waals surface area contributed by atoms with Crippen molar-refractivity contribution in [3.05, 3.63) is 0 Å². The minimum Gasteiger partial charge on any atom is -0.329 e. The molecule has 1 heterocycles. The highest BCUT2D eigenvalue weighted by Gasteiger charge is 2.31. The molecule has 1 fully saturated rings. The van der Waals surface area contributed by atoms with Crippen LogP contribution in [0.4, 0.5) is 0 Å². The monoisotopic (exact) mass is 248 g/mol. The number of hydrogen-bond acceptors (Lipinski definition) is 4. The number of nitrogens with zero attached hydrogens (tertiary/aromatic N) is 1. The molecule has 4 nitrogen and oxygen atoms in total. The summed E-state index contributed by atoms with van der Waals surface area (Å²) in [6.07, 6.45) is 1.89. The predicted octanol–water partition coefficient (Wildman–Crippen LogP) is 0.480. The lowest BCUT2D eigenvalue weighted by Crippen LogP contribution is -2.40. The summed E-state index contributed by atoms with van der Waals surface area (Å²) in [7, 11) is -2.78. The topological polar surface area (TPSA) is 63.4 Å². The Bertz CT molecular complexity index is 301. The van der Waals surface area contributed by atoms with Gasteiger partial charge in [-0.1, -0.05) is 13.8 Å². The van der Waals surface area contributed by atoms with Crippen molar-refractivity contribution in [2.45, 2.75) is 32.7 Å². The van der Waals surface area contributed by atoms with Crippen molar-refractivity contribution in [2.24, 2.45) is 11.7 Å². The van der Waals surface area contributed by atoms with Crippen molar-refractivity contribution >= 4 is 9.84 Å². The van der Waals surface area contributed by atoms with Gasteiger partial charge in [-0.15, -0.1) is 0 Å². The second-order valence-electron chi connectivity index (χ2n) is 5.06. The molecule has 2 N–H and O–H groups in total. The molecule has 0 saturated carbocycles. The van der Waals surface area contributed by atoms with Crippen LogP contribution in [0.1, 0.15) is 26.7 Å². The highest BCUT2D eigenvalue weighted by atomic mass is 32.2. The normalized spacial score (nSPS) is 24.4. The van der Waals surface area contributed by atoms with Crippen LogP contribution in [0, 0.1) is 5.92 Å². The van der Waals surface area contributed by atoms with Crippen LogP contribution < -0.4 is 5.73 Å². The summed E-state index contributed by atoms with van der Waals surface area (Å²) in [5.74, 6) is 1.32. The van der Waals surface area contributed by atoms with Gasteiger partial charge in [-0.25, -0.2) is 8.42 Å². The van der Waals surface area contributed by atoms with Gasteiger partial charge >= 0.3 is 0 Å². The van der Waals surface area contributed by atoms with Crippen LogP contribution in [0.3, 0.4) is 0 Å². The highest BCUT2D eigenvalue weighted by molar-refractivity contribution is 7.91. The Balaban J connectivity index is 2.50. The molecule has 96 valence electrons. The van der Waals surface area contributed by atoms with Gasteiger partial charge in [0.1, 0.15) is 0 Å². The van der Waals surface area contributed by atoms with Crippen molar-refractivity contribution in [1.82, 2.24) is 4.90 Å². The fourth-order valence-electron chi connectivity index (χ4n) is 2.13. The fourth-order valence-corrected chi connectivity index (χ4v) is 3.89. The van der Waals surface area contributed by atoms with E-state index in [1.54, 1.807) is 0 Å². The second-order valence-corrected chi connectivity index (χ2v) is 7.29. The van der Waals surface area contributed by atoms with Crippen LogP contribution in [0.5, 0.6) is 0 Å².